The first-order valence-corrected chi connectivity index (χ1v) is 6.44. The van der Waals surface area contributed by atoms with Crippen LogP contribution in [0.2, 0.25) is 5.02 Å². The largest absolute Gasteiger partial charge is 0.456 e. The smallest absolute Gasteiger partial charge is 0.153 e. The maximum atomic E-state index is 10.4. The number of aliphatic hydroxyl groups excluding tert-OH is 1. The molecule has 0 aliphatic carbocycles. The van der Waals surface area contributed by atoms with Crippen molar-refractivity contribution in [3.8, 4) is 0 Å². The molecule has 0 bridgehead atoms. The lowest BCUT2D eigenvalue weighted by molar-refractivity contribution is 0.183. The number of furan rings is 1. The molecule has 3 rings (SSSR count). The van der Waals surface area contributed by atoms with Crippen LogP contribution in [0.25, 0.3) is 11.0 Å². The number of hydrogen-bond donors (Lipinski definition) is 1. The van der Waals surface area contributed by atoms with Crippen LogP contribution in [-0.4, -0.2) is 14.7 Å². The molecule has 2 aromatic heterocycles. The van der Waals surface area contributed by atoms with Gasteiger partial charge in [-0.05, 0) is 19.1 Å². The minimum absolute atomic E-state index is 0.471. The highest BCUT2D eigenvalue weighted by Crippen LogP contribution is 2.31. The fourth-order valence-corrected chi connectivity index (χ4v) is 2.37. The lowest BCUT2D eigenvalue weighted by Gasteiger charge is -2.09. The highest BCUT2D eigenvalue weighted by Gasteiger charge is 2.19. The van der Waals surface area contributed by atoms with Crippen LogP contribution in [0.15, 0.2) is 41.2 Å². The monoisotopic (exact) mass is 276 g/mol. The van der Waals surface area contributed by atoms with Gasteiger partial charge in [-0.1, -0.05) is 23.7 Å². The number of imidazole rings is 1. The molecule has 0 spiro atoms. The molecule has 19 heavy (non-hydrogen) atoms. The van der Waals surface area contributed by atoms with Crippen LogP contribution in [0.1, 0.15) is 24.5 Å². The number of para-hydroxylation sites is 1. The summed E-state index contributed by atoms with van der Waals surface area (Å²) in [6, 6.07) is 7.32. The van der Waals surface area contributed by atoms with Gasteiger partial charge in [-0.2, -0.15) is 0 Å². The molecule has 2 heterocycles. The van der Waals surface area contributed by atoms with Crippen molar-refractivity contribution in [1.29, 1.82) is 0 Å². The molecule has 0 fully saturated rings. The SMILES string of the molecule is CCn1cncc1C(O)c1cc2cccc(Cl)c2o1. The van der Waals surface area contributed by atoms with Gasteiger partial charge in [-0.25, -0.2) is 4.98 Å². The number of aromatic nitrogens is 2. The number of aliphatic hydroxyl groups is 1. The summed E-state index contributed by atoms with van der Waals surface area (Å²) in [6.07, 6.45) is 2.49. The van der Waals surface area contributed by atoms with Crippen molar-refractivity contribution in [3.63, 3.8) is 0 Å². The second kappa shape index (κ2) is 4.72. The first kappa shape index (κ1) is 12.3. The Bertz CT molecular complexity index is 717. The number of fused-ring (bicyclic) bond motifs is 1. The highest BCUT2D eigenvalue weighted by molar-refractivity contribution is 6.34. The van der Waals surface area contributed by atoms with E-state index in [9.17, 15) is 5.11 Å². The summed E-state index contributed by atoms with van der Waals surface area (Å²) in [5.41, 5.74) is 1.30. The first-order chi connectivity index (χ1) is 9.20. The summed E-state index contributed by atoms with van der Waals surface area (Å²) in [6.45, 7) is 2.74. The lowest BCUT2D eigenvalue weighted by Crippen LogP contribution is -2.06. The molecule has 0 amide bonds. The Morgan fingerprint density at radius 1 is 1.47 bits per heavy atom. The predicted octanol–water partition coefficient (Wildman–Crippen LogP) is 3.38. The average molecular weight is 277 g/mol. The van der Waals surface area contributed by atoms with Crippen molar-refractivity contribution in [3.05, 3.63) is 53.3 Å². The number of rotatable bonds is 3. The minimum atomic E-state index is -0.842. The van der Waals surface area contributed by atoms with E-state index in [2.05, 4.69) is 4.98 Å². The molecule has 5 heteroatoms. The summed E-state index contributed by atoms with van der Waals surface area (Å²) in [5, 5.41) is 11.8. The molecule has 0 aliphatic heterocycles. The van der Waals surface area contributed by atoms with E-state index in [0.29, 0.717) is 22.1 Å². The Balaban J connectivity index is 2.07. The van der Waals surface area contributed by atoms with E-state index < -0.39 is 6.10 Å². The van der Waals surface area contributed by atoms with E-state index in [0.717, 1.165) is 11.9 Å². The molecular formula is C14H13ClN2O2. The Morgan fingerprint density at radius 2 is 2.32 bits per heavy atom. The third kappa shape index (κ3) is 2.03. The molecule has 1 N–H and O–H groups in total. The van der Waals surface area contributed by atoms with Crippen LogP contribution in [0.4, 0.5) is 0 Å². The Morgan fingerprint density at radius 3 is 3.05 bits per heavy atom. The normalized spacial score (nSPS) is 13.0. The fourth-order valence-electron chi connectivity index (χ4n) is 2.15. The van der Waals surface area contributed by atoms with Crippen LogP contribution in [0.3, 0.4) is 0 Å². The number of nitrogens with zero attached hydrogens (tertiary/aromatic N) is 2. The molecule has 0 saturated heterocycles. The van der Waals surface area contributed by atoms with Gasteiger partial charge in [-0.3, -0.25) is 0 Å². The maximum absolute atomic E-state index is 10.4. The molecule has 0 radical (unpaired) electrons. The van der Waals surface area contributed by atoms with Crippen molar-refractivity contribution in [2.45, 2.75) is 19.6 Å². The molecule has 1 atom stereocenters. The van der Waals surface area contributed by atoms with E-state index in [1.807, 2.05) is 23.6 Å². The van der Waals surface area contributed by atoms with Gasteiger partial charge in [-0.15, -0.1) is 0 Å². The zero-order valence-corrected chi connectivity index (χ0v) is 11.1. The van der Waals surface area contributed by atoms with Crippen LogP contribution >= 0.6 is 11.6 Å². The van der Waals surface area contributed by atoms with Crippen LogP contribution < -0.4 is 0 Å². The molecule has 98 valence electrons. The van der Waals surface area contributed by atoms with Gasteiger partial charge in [0.25, 0.3) is 0 Å². The molecule has 0 saturated carbocycles. The molecule has 1 aromatic carbocycles. The second-order valence-electron chi connectivity index (χ2n) is 4.31. The predicted molar refractivity (Wildman–Crippen MR) is 73.2 cm³/mol. The van der Waals surface area contributed by atoms with Crippen LogP contribution in [0.5, 0.6) is 0 Å². The summed E-state index contributed by atoms with van der Waals surface area (Å²) < 4.78 is 7.54. The van der Waals surface area contributed by atoms with Gasteiger partial charge in [0, 0.05) is 11.9 Å². The molecule has 4 nitrogen and oxygen atoms in total. The topological polar surface area (TPSA) is 51.2 Å². The van der Waals surface area contributed by atoms with Gasteiger partial charge < -0.3 is 14.1 Å². The van der Waals surface area contributed by atoms with Crippen LogP contribution in [0, 0.1) is 0 Å². The number of hydrogen-bond acceptors (Lipinski definition) is 3. The summed E-state index contributed by atoms with van der Waals surface area (Å²) in [7, 11) is 0. The Kier molecular flexibility index (Phi) is 3.05. The minimum Gasteiger partial charge on any atom is -0.456 e. The first-order valence-electron chi connectivity index (χ1n) is 6.06. The van der Waals surface area contributed by atoms with Crippen molar-refractivity contribution < 1.29 is 9.52 Å². The Hall–Kier alpha value is -1.78. The third-order valence-electron chi connectivity index (χ3n) is 3.15. The molecule has 3 aromatic rings. The van der Waals surface area contributed by atoms with Crippen molar-refractivity contribution in [2.24, 2.45) is 0 Å². The second-order valence-corrected chi connectivity index (χ2v) is 4.72. The van der Waals surface area contributed by atoms with E-state index in [4.69, 9.17) is 16.0 Å². The zero-order chi connectivity index (χ0) is 13.4. The number of benzene rings is 1. The molecular weight excluding hydrogens is 264 g/mol. The molecule has 1 unspecified atom stereocenters. The fraction of sp³-hybridized carbons (Fsp3) is 0.214. The van der Waals surface area contributed by atoms with Crippen LogP contribution in [-0.2, 0) is 6.54 Å². The van der Waals surface area contributed by atoms with Gasteiger partial charge >= 0.3 is 0 Å². The quantitative estimate of drug-likeness (QED) is 0.798. The van der Waals surface area contributed by atoms with Crippen molar-refractivity contribution in [2.75, 3.05) is 0 Å². The van der Waals surface area contributed by atoms with Crippen molar-refractivity contribution in [1.82, 2.24) is 9.55 Å². The molecule has 0 aliphatic rings. The van der Waals surface area contributed by atoms with Gasteiger partial charge in [0.2, 0.25) is 0 Å². The standard InChI is InChI=1S/C14H13ClN2O2/c1-2-17-8-16-7-11(17)13(18)12-6-9-4-3-5-10(15)14(9)19-12/h3-8,13,18H,2H2,1H3. The number of halogens is 1. The van der Waals surface area contributed by atoms with E-state index in [1.54, 1.807) is 24.7 Å². The summed E-state index contributed by atoms with van der Waals surface area (Å²) >= 11 is 6.07. The lowest BCUT2D eigenvalue weighted by atomic mass is 10.2. The summed E-state index contributed by atoms with van der Waals surface area (Å²) in [4.78, 5) is 4.05. The highest BCUT2D eigenvalue weighted by atomic mass is 35.5. The average Bonchev–Trinajstić information content (AvgIpc) is 3.04. The third-order valence-corrected chi connectivity index (χ3v) is 3.45. The Labute approximate surface area is 115 Å². The summed E-state index contributed by atoms with van der Waals surface area (Å²) in [5.74, 6) is 0.471. The van der Waals surface area contributed by atoms with Crippen molar-refractivity contribution >= 4 is 22.6 Å². The van der Waals surface area contributed by atoms with Gasteiger partial charge in [0.1, 0.15) is 5.76 Å². The maximum Gasteiger partial charge on any atom is 0.153 e. The van der Waals surface area contributed by atoms with Gasteiger partial charge in [0.05, 0.1) is 23.2 Å². The van der Waals surface area contributed by atoms with E-state index in [-0.39, 0.29) is 0 Å². The van der Waals surface area contributed by atoms with E-state index in [1.165, 1.54) is 0 Å². The van der Waals surface area contributed by atoms with E-state index >= 15 is 0 Å². The van der Waals surface area contributed by atoms with Gasteiger partial charge in [0.15, 0.2) is 11.7 Å². The zero-order valence-electron chi connectivity index (χ0n) is 10.4. The number of aryl methyl sites for hydroxylation is 1.